The van der Waals surface area contributed by atoms with Gasteiger partial charge in [0.2, 0.25) is 0 Å². The molecule has 2 fully saturated rings. The molecule has 1 heterocycles. The van der Waals surface area contributed by atoms with Gasteiger partial charge < -0.3 is 0 Å². The highest BCUT2D eigenvalue weighted by Crippen LogP contribution is 2.66. The molecule has 3 unspecified atom stereocenters. The molecular formula is C25H33N. The second-order valence-corrected chi connectivity index (χ2v) is 10.2. The van der Waals surface area contributed by atoms with E-state index < -0.39 is 0 Å². The molecule has 0 saturated heterocycles. The number of fused-ring (bicyclic) bond motifs is 5. The summed E-state index contributed by atoms with van der Waals surface area (Å²) in [7, 11) is 0. The third-order valence-electron chi connectivity index (χ3n) is 8.90. The Morgan fingerprint density at radius 2 is 1.85 bits per heavy atom. The van der Waals surface area contributed by atoms with Crippen LogP contribution in [-0.4, -0.2) is 4.98 Å². The summed E-state index contributed by atoms with van der Waals surface area (Å²) in [6, 6.07) is 4.36. The smallest absolute Gasteiger partial charge is 0.0343 e. The summed E-state index contributed by atoms with van der Waals surface area (Å²) >= 11 is 0. The van der Waals surface area contributed by atoms with Crippen LogP contribution in [0.5, 0.6) is 0 Å². The second-order valence-electron chi connectivity index (χ2n) is 10.2. The average Bonchev–Trinajstić information content (AvgIpc) is 3.00. The maximum absolute atomic E-state index is 4.40. The largest absolute Gasteiger partial charge is 0.264 e. The van der Waals surface area contributed by atoms with Gasteiger partial charge in [-0.15, -0.1) is 0 Å². The van der Waals surface area contributed by atoms with E-state index in [0.29, 0.717) is 10.8 Å². The van der Waals surface area contributed by atoms with Crippen LogP contribution in [0.15, 0.2) is 42.3 Å². The zero-order chi connectivity index (χ0) is 17.9. The molecule has 5 rings (SSSR count). The second kappa shape index (κ2) is 5.81. The first-order chi connectivity index (χ1) is 12.5. The van der Waals surface area contributed by atoms with E-state index in [0.717, 1.165) is 23.7 Å². The fraction of sp³-hybridized carbons (Fsp3) is 0.640. The normalized spacial score (nSPS) is 44.4. The standard InChI is InChI=1S/C25H33N/c1-17-10-12-24(2)19(15-17)6-7-20-22-9-8-21(18-5-4-14-26-16-18)25(22,3)13-11-23(20)24/h4-6,8,14,16-17,20,22-23H,7,9-13,15H2,1-3H3/t17-,20?,22?,23?,24-,25+/m0/s1. The summed E-state index contributed by atoms with van der Waals surface area (Å²) in [5.74, 6) is 3.51. The molecule has 4 aliphatic rings. The molecule has 0 aromatic carbocycles. The van der Waals surface area contributed by atoms with Gasteiger partial charge in [0.05, 0.1) is 0 Å². The zero-order valence-electron chi connectivity index (χ0n) is 16.7. The number of pyridine rings is 1. The van der Waals surface area contributed by atoms with Crippen molar-refractivity contribution in [1.82, 2.24) is 4.98 Å². The lowest BCUT2D eigenvalue weighted by Gasteiger charge is -2.58. The van der Waals surface area contributed by atoms with E-state index >= 15 is 0 Å². The number of hydrogen-bond donors (Lipinski definition) is 0. The van der Waals surface area contributed by atoms with Gasteiger partial charge in [-0.2, -0.15) is 0 Å². The number of hydrogen-bond acceptors (Lipinski definition) is 1. The van der Waals surface area contributed by atoms with Crippen LogP contribution in [0.2, 0.25) is 0 Å². The minimum absolute atomic E-state index is 0.355. The summed E-state index contributed by atoms with van der Waals surface area (Å²) in [5, 5.41) is 0. The number of nitrogens with zero attached hydrogens (tertiary/aromatic N) is 1. The summed E-state index contributed by atoms with van der Waals surface area (Å²) in [5.41, 5.74) is 5.62. The van der Waals surface area contributed by atoms with Crippen molar-refractivity contribution in [3.05, 3.63) is 47.8 Å². The van der Waals surface area contributed by atoms with Gasteiger partial charge in [-0.3, -0.25) is 4.98 Å². The van der Waals surface area contributed by atoms with Crippen molar-refractivity contribution in [2.24, 2.45) is 34.5 Å². The first-order valence-electron chi connectivity index (χ1n) is 10.8. The first-order valence-corrected chi connectivity index (χ1v) is 10.8. The van der Waals surface area contributed by atoms with Crippen molar-refractivity contribution in [3.63, 3.8) is 0 Å². The lowest BCUT2D eigenvalue weighted by molar-refractivity contribution is -0.0137. The van der Waals surface area contributed by atoms with Gasteiger partial charge in [0.15, 0.2) is 0 Å². The Labute approximate surface area is 159 Å². The fourth-order valence-corrected chi connectivity index (χ4v) is 7.38. The Bertz CT molecular complexity index is 760. The van der Waals surface area contributed by atoms with Crippen molar-refractivity contribution in [2.75, 3.05) is 0 Å². The van der Waals surface area contributed by atoms with Gasteiger partial charge in [0.1, 0.15) is 0 Å². The number of aromatic nitrogens is 1. The molecule has 26 heavy (non-hydrogen) atoms. The monoisotopic (exact) mass is 347 g/mol. The minimum atomic E-state index is 0.355. The van der Waals surface area contributed by atoms with Crippen molar-refractivity contribution < 1.29 is 0 Å². The molecule has 0 N–H and O–H groups in total. The summed E-state index contributed by atoms with van der Waals surface area (Å²) < 4.78 is 0. The highest BCUT2D eigenvalue weighted by Gasteiger charge is 2.56. The molecule has 138 valence electrons. The van der Waals surface area contributed by atoms with E-state index in [1.165, 1.54) is 50.5 Å². The fourth-order valence-electron chi connectivity index (χ4n) is 7.38. The van der Waals surface area contributed by atoms with Gasteiger partial charge in [-0.1, -0.05) is 44.6 Å². The molecule has 0 spiro atoms. The molecule has 1 aromatic rings. The summed E-state index contributed by atoms with van der Waals surface area (Å²) in [6.07, 6.45) is 18.8. The van der Waals surface area contributed by atoms with Gasteiger partial charge in [-0.05, 0) is 96.7 Å². The molecule has 0 radical (unpaired) electrons. The molecule has 1 nitrogen and oxygen atoms in total. The summed E-state index contributed by atoms with van der Waals surface area (Å²) in [6.45, 7) is 7.63. The minimum Gasteiger partial charge on any atom is -0.264 e. The Morgan fingerprint density at radius 3 is 2.65 bits per heavy atom. The highest BCUT2D eigenvalue weighted by molar-refractivity contribution is 5.72. The van der Waals surface area contributed by atoms with E-state index in [9.17, 15) is 0 Å². The van der Waals surface area contributed by atoms with Crippen LogP contribution in [0, 0.1) is 34.5 Å². The molecule has 0 amide bonds. The third kappa shape index (κ3) is 2.25. The third-order valence-corrected chi connectivity index (χ3v) is 8.90. The van der Waals surface area contributed by atoms with Gasteiger partial charge in [-0.25, -0.2) is 0 Å². The van der Waals surface area contributed by atoms with Crippen LogP contribution < -0.4 is 0 Å². The number of allylic oxidation sites excluding steroid dienone is 4. The molecule has 2 saturated carbocycles. The van der Waals surface area contributed by atoms with Gasteiger partial charge >= 0.3 is 0 Å². The van der Waals surface area contributed by atoms with E-state index in [1.807, 2.05) is 11.8 Å². The van der Waals surface area contributed by atoms with Gasteiger partial charge in [0.25, 0.3) is 0 Å². The maximum Gasteiger partial charge on any atom is 0.0343 e. The molecular weight excluding hydrogens is 314 g/mol. The molecule has 1 heteroatoms. The quantitative estimate of drug-likeness (QED) is 0.517. The maximum atomic E-state index is 4.40. The first kappa shape index (κ1) is 16.8. The molecule has 1 aromatic heterocycles. The van der Waals surface area contributed by atoms with Crippen molar-refractivity contribution in [3.8, 4) is 0 Å². The Hall–Kier alpha value is -1.37. The van der Waals surface area contributed by atoms with Crippen LogP contribution in [0.25, 0.3) is 5.57 Å². The molecule has 6 atom stereocenters. The molecule has 0 aliphatic heterocycles. The van der Waals surface area contributed by atoms with Crippen LogP contribution in [0.4, 0.5) is 0 Å². The van der Waals surface area contributed by atoms with Crippen molar-refractivity contribution in [1.29, 1.82) is 0 Å². The Morgan fingerprint density at radius 1 is 1.00 bits per heavy atom. The van der Waals surface area contributed by atoms with Crippen LogP contribution >= 0.6 is 0 Å². The highest BCUT2D eigenvalue weighted by atomic mass is 14.6. The Balaban J connectivity index is 1.48. The lowest BCUT2D eigenvalue weighted by atomic mass is 9.47. The van der Waals surface area contributed by atoms with Crippen LogP contribution in [0.3, 0.4) is 0 Å². The van der Waals surface area contributed by atoms with Crippen molar-refractivity contribution in [2.45, 2.75) is 65.7 Å². The predicted octanol–water partition coefficient (Wildman–Crippen LogP) is 6.67. The van der Waals surface area contributed by atoms with E-state index in [-0.39, 0.29) is 0 Å². The molecule has 0 bridgehead atoms. The van der Waals surface area contributed by atoms with E-state index in [4.69, 9.17) is 0 Å². The van der Waals surface area contributed by atoms with E-state index in [2.05, 4.69) is 56.2 Å². The predicted molar refractivity (Wildman–Crippen MR) is 108 cm³/mol. The van der Waals surface area contributed by atoms with Crippen LogP contribution in [0.1, 0.15) is 71.3 Å². The van der Waals surface area contributed by atoms with E-state index in [1.54, 1.807) is 5.57 Å². The SMILES string of the molecule is C[C@H]1CC[C@@]2(C)C(=CCC3C2CC[C@]2(C)C(c4cccnc4)=CCC32)C1. The molecule has 4 aliphatic carbocycles. The van der Waals surface area contributed by atoms with Crippen LogP contribution in [-0.2, 0) is 0 Å². The van der Waals surface area contributed by atoms with Gasteiger partial charge in [0, 0.05) is 12.4 Å². The Kier molecular flexibility index (Phi) is 3.75. The van der Waals surface area contributed by atoms with Crippen molar-refractivity contribution >= 4 is 5.57 Å². The average molecular weight is 348 g/mol. The summed E-state index contributed by atoms with van der Waals surface area (Å²) in [4.78, 5) is 4.40. The topological polar surface area (TPSA) is 12.9 Å². The number of rotatable bonds is 1. The lowest BCUT2D eigenvalue weighted by Crippen LogP contribution is -2.49. The zero-order valence-corrected chi connectivity index (χ0v) is 16.7.